The lowest BCUT2D eigenvalue weighted by atomic mass is 9.96. The van der Waals surface area contributed by atoms with Crippen molar-refractivity contribution in [2.45, 2.75) is 38.5 Å². The molecule has 0 saturated carbocycles. The van der Waals surface area contributed by atoms with Gasteiger partial charge in [0.15, 0.2) is 0 Å². The topological polar surface area (TPSA) is 38.8 Å². The Morgan fingerprint density at radius 3 is 2.90 bits per heavy atom. The fraction of sp³-hybridized carbons (Fsp3) is 0.471. The largest absolute Gasteiger partial charge is 0.465 e. The number of hydroxylamine groups is 2. The Balaban J connectivity index is 1.85. The second kappa shape index (κ2) is 6.00. The zero-order valence-electron chi connectivity index (χ0n) is 12.4. The standard InChI is InChI=1S/C17H21NO3/c1-3-20-17(19)16-14-10-7-11-15(14)21-18(16)12(2)13-8-5-4-6-9-13/h4-10,12,14-16H,3,11H2,1-2H3/t12-,14+,15-,16-/m0/s1. The highest BCUT2D eigenvalue weighted by Gasteiger charge is 2.49. The van der Waals surface area contributed by atoms with E-state index < -0.39 is 0 Å². The maximum atomic E-state index is 12.4. The summed E-state index contributed by atoms with van der Waals surface area (Å²) >= 11 is 0. The van der Waals surface area contributed by atoms with Crippen LogP contribution in [0.3, 0.4) is 0 Å². The number of ether oxygens (including phenoxy) is 1. The van der Waals surface area contributed by atoms with Gasteiger partial charge in [0.1, 0.15) is 6.04 Å². The van der Waals surface area contributed by atoms with Crippen molar-refractivity contribution in [2.75, 3.05) is 6.61 Å². The van der Waals surface area contributed by atoms with Crippen molar-refractivity contribution in [1.82, 2.24) is 5.06 Å². The first-order valence-corrected chi connectivity index (χ1v) is 7.55. The average Bonchev–Trinajstić information content (AvgIpc) is 3.07. The third kappa shape index (κ3) is 2.61. The molecule has 4 atom stereocenters. The number of carbonyl (C=O) groups excluding carboxylic acids is 1. The van der Waals surface area contributed by atoms with Crippen molar-refractivity contribution < 1.29 is 14.4 Å². The van der Waals surface area contributed by atoms with Gasteiger partial charge in [0, 0.05) is 5.92 Å². The Hall–Kier alpha value is -1.65. The Morgan fingerprint density at radius 2 is 2.19 bits per heavy atom. The molecule has 0 amide bonds. The van der Waals surface area contributed by atoms with Gasteiger partial charge in [0.05, 0.1) is 18.8 Å². The van der Waals surface area contributed by atoms with Crippen molar-refractivity contribution in [1.29, 1.82) is 0 Å². The molecule has 21 heavy (non-hydrogen) atoms. The van der Waals surface area contributed by atoms with Gasteiger partial charge in [-0.15, -0.1) is 0 Å². The van der Waals surface area contributed by atoms with Crippen LogP contribution in [-0.4, -0.2) is 29.8 Å². The second-order valence-electron chi connectivity index (χ2n) is 5.53. The van der Waals surface area contributed by atoms with E-state index in [1.165, 1.54) is 0 Å². The van der Waals surface area contributed by atoms with E-state index in [1.807, 2.05) is 30.2 Å². The molecule has 0 aromatic heterocycles. The second-order valence-corrected chi connectivity index (χ2v) is 5.53. The van der Waals surface area contributed by atoms with Crippen LogP contribution in [0.1, 0.15) is 31.9 Å². The number of esters is 1. The maximum Gasteiger partial charge on any atom is 0.326 e. The number of benzene rings is 1. The summed E-state index contributed by atoms with van der Waals surface area (Å²) in [5.41, 5.74) is 1.13. The molecule has 1 aromatic carbocycles. The van der Waals surface area contributed by atoms with Crippen LogP contribution >= 0.6 is 0 Å². The number of carbonyl (C=O) groups is 1. The monoisotopic (exact) mass is 287 g/mol. The van der Waals surface area contributed by atoms with Gasteiger partial charge in [-0.25, -0.2) is 0 Å². The number of nitrogens with zero attached hydrogens (tertiary/aromatic N) is 1. The lowest BCUT2D eigenvalue weighted by Gasteiger charge is -2.29. The van der Waals surface area contributed by atoms with E-state index in [-0.39, 0.29) is 30.1 Å². The molecule has 1 aliphatic heterocycles. The Bertz CT molecular complexity index is 528. The summed E-state index contributed by atoms with van der Waals surface area (Å²) < 4.78 is 5.26. The van der Waals surface area contributed by atoms with Crippen molar-refractivity contribution >= 4 is 5.97 Å². The summed E-state index contributed by atoms with van der Waals surface area (Å²) in [7, 11) is 0. The van der Waals surface area contributed by atoms with E-state index >= 15 is 0 Å². The predicted octanol–water partition coefficient (Wildman–Crippen LogP) is 2.87. The van der Waals surface area contributed by atoms with Gasteiger partial charge >= 0.3 is 5.97 Å². The van der Waals surface area contributed by atoms with E-state index in [2.05, 4.69) is 31.2 Å². The molecule has 0 radical (unpaired) electrons. The van der Waals surface area contributed by atoms with Crippen molar-refractivity contribution in [3.63, 3.8) is 0 Å². The molecule has 3 rings (SSSR count). The molecule has 1 saturated heterocycles. The zero-order chi connectivity index (χ0) is 14.8. The summed E-state index contributed by atoms with van der Waals surface area (Å²) in [6.07, 6.45) is 5.10. The molecule has 1 aromatic rings. The third-order valence-electron chi connectivity index (χ3n) is 4.24. The van der Waals surface area contributed by atoms with Crippen LogP contribution < -0.4 is 0 Å². The van der Waals surface area contributed by atoms with E-state index in [9.17, 15) is 4.79 Å². The van der Waals surface area contributed by atoms with Crippen molar-refractivity contribution in [3.8, 4) is 0 Å². The Kier molecular flexibility index (Phi) is 4.08. The number of rotatable bonds is 4. The van der Waals surface area contributed by atoms with E-state index in [0.29, 0.717) is 6.61 Å². The molecule has 1 aliphatic carbocycles. The number of fused-ring (bicyclic) bond motifs is 1. The highest BCUT2D eigenvalue weighted by molar-refractivity contribution is 5.77. The number of hydrogen-bond donors (Lipinski definition) is 0. The van der Waals surface area contributed by atoms with Crippen LogP contribution in [0.15, 0.2) is 42.5 Å². The predicted molar refractivity (Wildman–Crippen MR) is 79.2 cm³/mol. The first-order valence-electron chi connectivity index (χ1n) is 7.55. The first kappa shape index (κ1) is 14.3. The van der Waals surface area contributed by atoms with Crippen molar-refractivity contribution in [3.05, 3.63) is 48.0 Å². The zero-order valence-corrected chi connectivity index (χ0v) is 12.4. The summed E-state index contributed by atoms with van der Waals surface area (Å²) in [6.45, 7) is 4.29. The van der Waals surface area contributed by atoms with E-state index in [1.54, 1.807) is 0 Å². The van der Waals surface area contributed by atoms with Gasteiger partial charge in [0.2, 0.25) is 0 Å². The molecule has 1 heterocycles. The van der Waals surface area contributed by atoms with Crippen LogP contribution in [0.5, 0.6) is 0 Å². The summed E-state index contributed by atoms with van der Waals surface area (Å²) in [5.74, 6) is -0.102. The third-order valence-corrected chi connectivity index (χ3v) is 4.24. The van der Waals surface area contributed by atoms with Gasteiger partial charge in [-0.05, 0) is 25.8 Å². The molecule has 0 unspecified atom stereocenters. The number of hydrogen-bond acceptors (Lipinski definition) is 4. The van der Waals surface area contributed by atoms with Gasteiger partial charge < -0.3 is 4.74 Å². The minimum absolute atomic E-state index is 0.0135. The smallest absolute Gasteiger partial charge is 0.326 e. The normalized spacial score (nSPS) is 29.3. The molecule has 112 valence electrons. The van der Waals surface area contributed by atoms with Crippen molar-refractivity contribution in [2.24, 2.45) is 5.92 Å². The minimum Gasteiger partial charge on any atom is -0.465 e. The summed E-state index contributed by atoms with van der Waals surface area (Å²) in [5, 5.41) is 1.83. The van der Waals surface area contributed by atoms with Crippen LogP contribution in [0.4, 0.5) is 0 Å². The quantitative estimate of drug-likeness (QED) is 0.630. The highest BCUT2D eigenvalue weighted by Crippen LogP contribution is 2.40. The highest BCUT2D eigenvalue weighted by atomic mass is 16.7. The van der Waals surface area contributed by atoms with Gasteiger partial charge in [-0.2, -0.15) is 5.06 Å². The van der Waals surface area contributed by atoms with Crippen LogP contribution in [0.2, 0.25) is 0 Å². The lowest BCUT2D eigenvalue weighted by molar-refractivity contribution is -0.198. The van der Waals surface area contributed by atoms with E-state index in [4.69, 9.17) is 9.57 Å². The SMILES string of the molecule is CCOC(=O)[C@@H]1[C@@H]2C=CC[C@@H]2ON1[C@@H](C)c1ccccc1. The van der Waals surface area contributed by atoms with Crippen LogP contribution in [0, 0.1) is 5.92 Å². The fourth-order valence-electron chi connectivity index (χ4n) is 3.16. The molecule has 0 spiro atoms. The fourth-order valence-corrected chi connectivity index (χ4v) is 3.16. The molecule has 4 nitrogen and oxygen atoms in total. The molecule has 0 N–H and O–H groups in total. The maximum absolute atomic E-state index is 12.4. The molecule has 0 bridgehead atoms. The Labute approximate surface area is 125 Å². The summed E-state index contributed by atoms with van der Waals surface area (Å²) in [4.78, 5) is 18.4. The van der Waals surface area contributed by atoms with E-state index in [0.717, 1.165) is 12.0 Å². The van der Waals surface area contributed by atoms with Gasteiger partial charge in [-0.1, -0.05) is 42.5 Å². The molecule has 2 aliphatic rings. The lowest BCUT2D eigenvalue weighted by Crippen LogP contribution is -2.41. The van der Waals surface area contributed by atoms with Crippen LogP contribution in [-0.2, 0) is 14.4 Å². The summed E-state index contributed by atoms with van der Waals surface area (Å²) in [6, 6.07) is 9.76. The first-order chi connectivity index (χ1) is 10.2. The van der Waals surface area contributed by atoms with Gasteiger partial charge in [0.25, 0.3) is 0 Å². The van der Waals surface area contributed by atoms with Crippen LogP contribution in [0.25, 0.3) is 0 Å². The molecular weight excluding hydrogens is 266 g/mol. The molecule has 1 fully saturated rings. The van der Waals surface area contributed by atoms with Gasteiger partial charge in [-0.3, -0.25) is 9.63 Å². The average molecular weight is 287 g/mol. The minimum atomic E-state index is -0.357. The molecule has 4 heteroatoms. The molecular formula is C17H21NO3. The Morgan fingerprint density at radius 1 is 1.43 bits per heavy atom.